The van der Waals surface area contributed by atoms with Crippen molar-refractivity contribution in [1.29, 1.82) is 0 Å². The zero-order valence-corrected chi connectivity index (χ0v) is 14.8. The Bertz CT molecular complexity index is 271. The van der Waals surface area contributed by atoms with Gasteiger partial charge in [-0.05, 0) is 12.8 Å². The molecular formula is C18H36N2O2. The summed E-state index contributed by atoms with van der Waals surface area (Å²) in [6.07, 6.45) is 16.8. The molecule has 0 saturated carbocycles. The Morgan fingerprint density at radius 1 is 0.545 bits per heavy atom. The first-order chi connectivity index (χ1) is 10.7. The molecule has 0 atom stereocenters. The molecule has 0 fully saturated rings. The summed E-state index contributed by atoms with van der Waals surface area (Å²) in [4.78, 5) is 0. The first-order valence-corrected chi connectivity index (χ1v) is 9.26. The highest BCUT2D eigenvalue weighted by molar-refractivity contribution is 6.10. The van der Waals surface area contributed by atoms with Gasteiger partial charge in [0.1, 0.15) is 0 Å². The number of unbranched alkanes of at least 4 members (excludes halogenated alkanes) is 10. The molecule has 0 saturated heterocycles. The normalized spacial score (nSPS) is 12.8. The zero-order valence-electron chi connectivity index (χ0n) is 14.8. The Morgan fingerprint density at radius 2 is 0.864 bits per heavy atom. The van der Waals surface area contributed by atoms with Crippen molar-refractivity contribution in [3.05, 3.63) is 10.4 Å². The van der Waals surface area contributed by atoms with Gasteiger partial charge in [0.05, 0.1) is 0 Å². The predicted octanol–water partition coefficient (Wildman–Crippen LogP) is 4.87. The first kappa shape index (κ1) is 20.9. The molecule has 0 unspecified atom stereocenters. The van der Waals surface area contributed by atoms with E-state index in [0.717, 1.165) is 35.2 Å². The smallest absolute Gasteiger partial charge is 0.239 e. The molecule has 4 nitrogen and oxygen atoms in total. The lowest BCUT2D eigenvalue weighted by molar-refractivity contribution is -0.465. The van der Waals surface area contributed by atoms with Crippen LogP contribution in [0.15, 0.2) is 0 Å². The van der Waals surface area contributed by atoms with Crippen LogP contribution in [0.25, 0.3) is 0 Å². The Labute approximate surface area is 137 Å². The molecule has 0 rings (SSSR count). The SMILES string of the molecule is CCCCCCCC/[N+]([O-])=C/C=[N+](\[O-])CCCCCCCC. The summed E-state index contributed by atoms with van der Waals surface area (Å²) >= 11 is 0. The molecule has 0 aliphatic carbocycles. The second-order valence-electron chi connectivity index (χ2n) is 6.12. The van der Waals surface area contributed by atoms with Gasteiger partial charge >= 0.3 is 0 Å². The maximum absolute atomic E-state index is 11.5. The Morgan fingerprint density at radius 3 is 1.23 bits per heavy atom. The predicted molar refractivity (Wildman–Crippen MR) is 95.9 cm³/mol. The van der Waals surface area contributed by atoms with E-state index in [1.54, 1.807) is 0 Å². The molecule has 0 heterocycles. The van der Waals surface area contributed by atoms with Crippen LogP contribution in [0.4, 0.5) is 0 Å². The molecule has 0 bridgehead atoms. The summed E-state index contributed by atoms with van der Waals surface area (Å²) in [5, 5.41) is 23.1. The van der Waals surface area contributed by atoms with Gasteiger partial charge in [0.2, 0.25) is 12.4 Å². The number of hydroxylamine groups is 2. The molecule has 0 spiro atoms. The lowest BCUT2D eigenvalue weighted by Crippen LogP contribution is -2.13. The molecule has 130 valence electrons. The third kappa shape index (κ3) is 15.3. The van der Waals surface area contributed by atoms with Crippen LogP contribution in [-0.4, -0.2) is 35.0 Å². The molecule has 0 aromatic heterocycles. The Kier molecular flexibility index (Phi) is 15.5. The van der Waals surface area contributed by atoms with Gasteiger partial charge in [-0.2, -0.15) is 0 Å². The standard InChI is InChI=1S/C18H36N2O2/c1-3-5-7-9-11-13-15-19(21)17-18-20(22)16-14-12-10-8-6-4-2/h17-18H,3-16H2,1-2H3/b19-17-,20-18-. The van der Waals surface area contributed by atoms with Crippen LogP contribution in [0, 0.1) is 10.4 Å². The van der Waals surface area contributed by atoms with E-state index in [0.29, 0.717) is 13.1 Å². The highest BCUT2D eigenvalue weighted by atomic mass is 16.5. The molecule has 22 heavy (non-hydrogen) atoms. The fraction of sp³-hybridized carbons (Fsp3) is 0.889. The van der Waals surface area contributed by atoms with E-state index in [4.69, 9.17) is 0 Å². The van der Waals surface area contributed by atoms with Gasteiger partial charge in [0, 0.05) is 12.8 Å². The second kappa shape index (κ2) is 16.3. The van der Waals surface area contributed by atoms with E-state index in [9.17, 15) is 10.4 Å². The van der Waals surface area contributed by atoms with Crippen LogP contribution in [0.1, 0.15) is 90.9 Å². The van der Waals surface area contributed by atoms with Gasteiger partial charge < -0.3 is 10.4 Å². The van der Waals surface area contributed by atoms with Crippen molar-refractivity contribution in [1.82, 2.24) is 0 Å². The largest absolute Gasteiger partial charge is 0.624 e. The average molecular weight is 312 g/mol. The van der Waals surface area contributed by atoms with Crippen LogP contribution in [-0.2, 0) is 0 Å². The van der Waals surface area contributed by atoms with Gasteiger partial charge in [0.15, 0.2) is 13.1 Å². The summed E-state index contributed by atoms with van der Waals surface area (Å²) in [7, 11) is 0. The highest BCUT2D eigenvalue weighted by Gasteiger charge is 1.98. The fourth-order valence-corrected chi connectivity index (χ4v) is 2.39. The molecule has 0 aromatic rings. The molecule has 0 radical (unpaired) electrons. The topological polar surface area (TPSA) is 52.1 Å². The van der Waals surface area contributed by atoms with Crippen LogP contribution < -0.4 is 0 Å². The Hall–Kier alpha value is -1.06. The van der Waals surface area contributed by atoms with Gasteiger partial charge in [-0.3, -0.25) is 0 Å². The summed E-state index contributed by atoms with van der Waals surface area (Å²) in [5.74, 6) is 0. The average Bonchev–Trinajstić information content (AvgIpc) is 2.52. The van der Waals surface area contributed by atoms with Crippen molar-refractivity contribution < 1.29 is 9.48 Å². The van der Waals surface area contributed by atoms with E-state index in [2.05, 4.69) is 13.8 Å². The van der Waals surface area contributed by atoms with Crippen molar-refractivity contribution in [2.45, 2.75) is 90.9 Å². The van der Waals surface area contributed by atoms with Crippen LogP contribution in [0.5, 0.6) is 0 Å². The molecule has 0 aliphatic rings. The molecule has 0 aromatic carbocycles. The third-order valence-electron chi connectivity index (χ3n) is 3.86. The maximum atomic E-state index is 11.5. The Balaban J connectivity index is 3.62. The minimum Gasteiger partial charge on any atom is -0.624 e. The lowest BCUT2D eigenvalue weighted by Gasteiger charge is -2.04. The number of hydrogen-bond donors (Lipinski definition) is 0. The maximum Gasteiger partial charge on any atom is 0.239 e. The number of nitrogens with zero attached hydrogens (tertiary/aromatic N) is 2. The quantitative estimate of drug-likeness (QED) is 0.142. The van der Waals surface area contributed by atoms with Gasteiger partial charge in [-0.15, -0.1) is 0 Å². The van der Waals surface area contributed by atoms with Gasteiger partial charge in [-0.25, -0.2) is 9.48 Å². The number of hydrogen-bond acceptors (Lipinski definition) is 2. The minimum atomic E-state index is 0.494. The van der Waals surface area contributed by atoms with Gasteiger partial charge in [-0.1, -0.05) is 65.2 Å². The van der Waals surface area contributed by atoms with E-state index in [1.807, 2.05) is 0 Å². The van der Waals surface area contributed by atoms with Crippen molar-refractivity contribution in [2.75, 3.05) is 13.1 Å². The molecular weight excluding hydrogens is 276 g/mol. The van der Waals surface area contributed by atoms with Gasteiger partial charge in [0.25, 0.3) is 0 Å². The minimum absolute atomic E-state index is 0.494. The lowest BCUT2D eigenvalue weighted by atomic mass is 10.1. The number of rotatable bonds is 15. The highest BCUT2D eigenvalue weighted by Crippen LogP contribution is 2.05. The van der Waals surface area contributed by atoms with Crippen molar-refractivity contribution >= 4 is 12.4 Å². The summed E-state index contributed by atoms with van der Waals surface area (Å²) in [6.45, 7) is 5.38. The second-order valence-corrected chi connectivity index (χ2v) is 6.12. The van der Waals surface area contributed by atoms with E-state index in [-0.39, 0.29) is 0 Å². The summed E-state index contributed by atoms with van der Waals surface area (Å²) in [5.41, 5.74) is 0. The fourth-order valence-electron chi connectivity index (χ4n) is 2.39. The molecule has 0 aliphatic heterocycles. The van der Waals surface area contributed by atoms with Crippen LogP contribution in [0.2, 0.25) is 0 Å². The molecule has 4 heteroatoms. The van der Waals surface area contributed by atoms with E-state index in [1.165, 1.54) is 63.8 Å². The summed E-state index contributed by atoms with van der Waals surface area (Å²) in [6, 6.07) is 0. The first-order valence-electron chi connectivity index (χ1n) is 9.26. The third-order valence-corrected chi connectivity index (χ3v) is 3.86. The van der Waals surface area contributed by atoms with E-state index >= 15 is 0 Å². The van der Waals surface area contributed by atoms with Crippen molar-refractivity contribution in [3.63, 3.8) is 0 Å². The van der Waals surface area contributed by atoms with Crippen LogP contribution >= 0.6 is 0 Å². The van der Waals surface area contributed by atoms with E-state index < -0.39 is 0 Å². The van der Waals surface area contributed by atoms with Crippen molar-refractivity contribution in [3.8, 4) is 0 Å². The van der Waals surface area contributed by atoms with Crippen LogP contribution in [0.3, 0.4) is 0 Å². The molecule has 0 amide bonds. The van der Waals surface area contributed by atoms with Crippen molar-refractivity contribution in [2.24, 2.45) is 0 Å². The monoisotopic (exact) mass is 312 g/mol. The molecule has 0 N–H and O–H groups in total. The summed E-state index contributed by atoms with van der Waals surface area (Å²) < 4.78 is 1.76. The zero-order chi connectivity index (χ0) is 16.5.